The Labute approximate surface area is 176 Å². The third-order valence-corrected chi connectivity index (χ3v) is 6.57. The van der Waals surface area contributed by atoms with E-state index in [1.807, 2.05) is 46.8 Å². The Kier molecular flexibility index (Phi) is 5.03. The van der Waals surface area contributed by atoms with Crippen molar-refractivity contribution in [2.75, 3.05) is 5.32 Å². The lowest BCUT2D eigenvalue weighted by Gasteiger charge is -2.19. The predicted molar refractivity (Wildman–Crippen MR) is 121 cm³/mol. The first-order chi connectivity index (χ1) is 13.8. The molecule has 0 radical (unpaired) electrons. The Hall–Kier alpha value is -2.53. The highest BCUT2D eigenvalue weighted by Gasteiger charge is 2.26. The standard InChI is InChI=1S/C24H27N3OS/c1-15-7-6-8-21(16(15)2)27-22(19-13-29-14-20(19)26-27)25-23(28)17-9-11-18(12-10-17)24(3,4)5/h6-12H,13-14H2,1-5H3,(H,25,28). The summed E-state index contributed by atoms with van der Waals surface area (Å²) in [6, 6.07) is 14.1. The molecule has 2 aromatic carbocycles. The van der Waals surface area contributed by atoms with Crippen molar-refractivity contribution in [3.63, 3.8) is 0 Å². The van der Waals surface area contributed by atoms with Crippen molar-refractivity contribution in [1.82, 2.24) is 9.78 Å². The SMILES string of the molecule is Cc1cccc(-n2nc3c(c2NC(=O)c2ccc(C(C)(C)C)cc2)CSC3)c1C. The summed E-state index contributed by atoms with van der Waals surface area (Å²) in [5.74, 6) is 2.45. The van der Waals surface area contributed by atoms with Gasteiger partial charge in [0.2, 0.25) is 0 Å². The molecule has 3 aromatic rings. The molecule has 0 aliphatic carbocycles. The number of nitrogens with one attached hydrogen (secondary N) is 1. The molecule has 4 nitrogen and oxygen atoms in total. The van der Waals surface area contributed by atoms with Crippen LogP contribution in [0.15, 0.2) is 42.5 Å². The van der Waals surface area contributed by atoms with Crippen molar-refractivity contribution < 1.29 is 4.79 Å². The molecule has 0 atom stereocenters. The van der Waals surface area contributed by atoms with E-state index in [1.165, 1.54) is 16.7 Å². The monoisotopic (exact) mass is 405 g/mol. The van der Waals surface area contributed by atoms with E-state index in [1.54, 1.807) is 0 Å². The van der Waals surface area contributed by atoms with Crippen molar-refractivity contribution in [1.29, 1.82) is 0 Å². The lowest BCUT2D eigenvalue weighted by atomic mass is 9.87. The maximum Gasteiger partial charge on any atom is 0.256 e. The quantitative estimate of drug-likeness (QED) is 0.600. The van der Waals surface area contributed by atoms with E-state index >= 15 is 0 Å². The largest absolute Gasteiger partial charge is 0.306 e. The number of nitrogens with zero attached hydrogens (tertiary/aromatic N) is 2. The Morgan fingerprint density at radius 3 is 2.48 bits per heavy atom. The summed E-state index contributed by atoms with van der Waals surface area (Å²) in [5, 5.41) is 8.00. The number of carbonyl (C=O) groups is 1. The molecule has 0 saturated heterocycles. The zero-order valence-electron chi connectivity index (χ0n) is 17.7. The van der Waals surface area contributed by atoms with Crippen molar-refractivity contribution in [3.8, 4) is 5.69 Å². The molecule has 1 amide bonds. The van der Waals surface area contributed by atoms with Gasteiger partial charge in [-0.25, -0.2) is 4.68 Å². The van der Waals surface area contributed by atoms with Gasteiger partial charge in [0, 0.05) is 22.6 Å². The van der Waals surface area contributed by atoms with Crippen LogP contribution in [0.4, 0.5) is 5.82 Å². The Morgan fingerprint density at radius 1 is 1.07 bits per heavy atom. The second-order valence-corrected chi connectivity index (χ2v) is 9.66. The Balaban J connectivity index is 1.70. The molecule has 0 bridgehead atoms. The molecule has 150 valence electrons. The van der Waals surface area contributed by atoms with Gasteiger partial charge in [-0.05, 0) is 54.2 Å². The van der Waals surface area contributed by atoms with E-state index in [-0.39, 0.29) is 11.3 Å². The molecule has 2 heterocycles. The second kappa shape index (κ2) is 7.38. The zero-order valence-corrected chi connectivity index (χ0v) is 18.5. The Morgan fingerprint density at radius 2 is 1.79 bits per heavy atom. The number of anilines is 1. The number of benzene rings is 2. The van der Waals surface area contributed by atoms with Gasteiger partial charge in [-0.1, -0.05) is 45.0 Å². The van der Waals surface area contributed by atoms with E-state index < -0.39 is 0 Å². The number of carbonyl (C=O) groups excluding carboxylic acids is 1. The molecule has 4 rings (SSSR count). The first-order valence-corrected chi connectivity index (χ1v) is 11.1. The van der Waals surface area contributed by atoms with Crippen LogP contribution in [0.25, 0.3) is 5.69 Å². The van der Waals surface area contributed by atoms with E-state index in [0.29, 0.717) is 5.56 Å². The summed E-state index contributed by atoms with van der Waals surface area (Å²) in [4.78, 5) is 13.0. The number of hydrogen-bond acceptors (Lipinski definition) is 3. The fourth-order valence-corrected chi connectivity index (χ4v) is 4.62. The fraction of sp³-hybridized carbons (Fsp3) is 0.333. The molecule has 29 heavy (non-hydrogen) atoms. The van der Waals surface area contributed by atoms with Gasteiger partial charge in [-0.2, -0.15) is 16.9 Å². The van der Waals surface area contributed by atoms with Gasteiger partial charge in [0.1, 0.15) is 5.82 Å². The highest BCUT2D eigenvalue weighted by molar-refractivity contribution is 7.98. The fourth-order valence-electron chi connectivity index (χ4n) is 3.58. The van der Waals surface area contributed by atoms with Gasteiger partial charge in [0.15, 0.2) is 0 Å². The molecule has 1 N–H and O–H groups in total. The molecule has 0 fully saturated rings. The summed E-state index contributed by atoms with van der Waals surface area (Å²) >= 11 is 1.84. The summed E-state index contributed by atoms with van der Waals surface area (Å²) < 4.78 is 1.91. The number of rotatable bonds is 3. The molecule has 0 saturated carbocycles. The van der Waals surface area contributed by atoms with Crippen molar-refractivity contribution in [2.45, 2.75) is 51.5 Å². The average molecular weight is 406 g/mol. The molecule has 1 aromatic heterocycles. The molecular formula is C24H27N3OS. The van der Waals surface area contributed by atoms with Crippen LogP contribution >= 0.6 is 11.8 Å². The first kappa shape index (κ1) is 19.8. The number of fused-ring (bicyclic) bond motifs is 1. The highest BCUT2D eigenvalue weighted by Crippen LogP contribution is 2.37. The molecular weight excluding hydrogens is 378 g/mol. The van der Waals surface area contributed by atoms with Gasteiger partial charge in [-0.15, -0.1) is 0 Å². The molecule has 0 spiro atoms. The smallest absolute Gasteiger partial charge is 0.256 e. The third-order valence-electron chi connectivity index (χ3n) is 5.60. The minimum atomic E-state index is -0.100. The van der Waals surface area contributed by atoms with Crippen LogP contribution in [-0.2, 0) is 16.9 Å². The van der Waals surface area contributed by atoms with E-state index in [2.05, 4.69) is 52.1 Å². The number of aryl methyl sites for hydroxylation is 1. The number of aromatic nitrogens is 2. The summed E-state index contributed by atoms with van der Waals surface area (Å²) in [6.45, 7) is 10.7. The number of thioether (sulfide) groups is 1. The van der Waals surface area contributed by atoms with Crippen molar-refractivity contribution in [2.24, 2.45) is 0 Å². The minimum Gasteiger partial charge on any atom is -0.306 e. The number of amides is 1. The van der Waals surface area contributed by atoms with Crippen molar-refractivity contribution in [3.05, 3.63) is 76.0 Å². The minimum absolute atomic E-state index is 0.0639. The average Bonchev–Trinajstić information content (AvgIpc) is 3.26. The molecule has 5 heteroatoms. The van der Waals surface area contributed by atoms with Crippen LogP contribution in [0.1, 0.15) is 59.1 Å². The lowest BCUT2D eigenvalue weighted by Crippen LogP contribution is -2.17. The van der Waals surface area contributed by atoms with E-state index in [4.69, 9.17) is 5.10 Å². The highest BCUT2D eigenvalue weighted by atomic mass is 32.2. The first-order valence-electron chi connectivity index (χ1n) is 9.92. The number of hydrogen-bond donors (Lipinski definition) is 1. The lowest BCUT2D eigenvalue weighted by molar-refractivity contribution is 0.102. The van der Waals surface area contributed by atoms with Crippen LogP contribution in [0.5, 0.6) is 0 Å². The molecule has 1 aliphatic rings. The summed E-state index contributed by atoms with van der Waals surface area (Å²) in [7, 11) is 0. The van der Waals surface area contributed by atoms with E-state index in [9.17, 15) is 4.79 Å². The summed E-state index contributed by atoms with van der Waals surface area (Å²) in [6.07, 6.45) is 0. The predicted octanol–water partition coefficient (Wildman–Crippen LogP) is 5.79. The maximum atomic E-state index is 13.0. The maximum absolute atomic E-state index is 13.0. The zero-order chi connectivity index (χ0) is 20.8. The van der Waals surface area contributed by atoms with Gasteiger partial charge in [0.05, 0.1) is 11.4 Å². The van der Waals surface area contributed by atoms with Gasteiger partial charge in [-0.3, -0.25) is 4.79 Å². The van der Waals surface area contributed by atoms with E-state index in [0.717, 1.165) is 34.3 Å². The topological polar surface area (TPSA) is 46.9 Å². The van der Waals surface area contributed by atoms with Crippen LogP contribution in [0.2, 0.25) is 0 Å². The Bertz CT molecular complexity index is 1070. The van der Waals surface area contributed by atoms with Crippen LogP contribution in [-0.4, -0.2) is 15.7 Å². The van der Waals surface area contributed by atoms with Crippen LogP contribution in [0.3, 0.4) is 0 Å². The van der Waals surface area contributed by atoms with Crippen molar-refractivity contribution >= 4 is 23.5 Å². The normalized spacial score (nSPS) is 13.4. The van der Waals surface area contributed by atoms with Crippen LogP contribution < -0.4 is 5.32 Å². The van der Waals surface area contributed by atoms with Gasteiger partial charge < -0.3 is 5.32 Å². The third kappa shape index (κ3) is 3.71. The molecule has 0 unspecified atom stereocenters. The van der Waals surface area contributed by atoms with Gasteiger partial charge in [0.25, 0.3) is 5.91 Å². The second-order valence-electron chi connectivity index (χ2n) is 8.68. The summed E-state index contributed by atoms with van der Waals surface area (Å²) in [5.41, 5.74) is 7.54. The van der Waals surface area contributed by atoms with Crippen LogP contribution in [0, 0.1) is 13.8 Å². The van der Waals surface area contributed by atoms with Gasteiger partial charge >= 0.3 is 0 Å². The molecule has 1 aliphatic heterocycles.